The van der Waals surface area contributed by atoms with Gasteiger partial charge >= 0.3 is 70.7 Å². The van der Waals surface area contributed by atoms with Crippen molar-refractivity contribution >= 4 is 47.3 Å². The van der Waals surface area contributed by atoms with Crippen LogP contribution in [-0.2, 0) is 64.1 Å². The number of hydrogen-bond donors (Lipinski definition) is 3. The lowest BCUT2D eigenvalue weighted by molar-refractivity contribution is -0.675. The van der Waals surface area contributed by atoms with E-state index in [9.17, 15) is 38.6 Å². The zero-order chi connectivity index (χ0) is 24.4. The fraction of sp³-hybridized carbons (Fsp3) is 0.600. The third-order valence-electron chi connectivity index (χ3n) is 6.21. The van der Waals surface area contributed by atoms with Crippen molar-refractivity contribution < 1.29 is 88.8 Å². The van der Waals surface area contributed by atoms with Gasteiger partial charge in [0, 0.05) is 0 Å². The van der Waals surface area contributed by atoms with E-state index in [1.54, 1.807) is 0 Å². The highest BCUT2D eigenvalue weighted by Gasteiger charge is 3.07. The third-order valence-corrected chi connectivity index (χ3v) is 10.2. The van der Waals surface area contributed by atoms with Gasteiger partial charge in [0.1, 0.15) is 0 Å². The van der Waals surface area contributed by atoms with Crippen molar-refractivity contribution in [3.05, 3.63) is 0 Å². The number of phosphoric ester groups is 2. The number of fused-ring (bicyclic) bond motifs is 5. The number of hydroxylamine groups is 4. The first kappa shape index (κ1) is 20.4. The van der Waals surface area contributed by atoms with E-state index in [1.165, 1.54) is 0 Å². The van der Waals surface area contributed by atoms with Gasteiger partial charge in [-0.05, 0) is 0 Å². The molecule has 10 aliphatic rings. The van der Waals surface area contributed by atoms with Crippen molar-refractivity contribution in [3.63, 3.8) is 0 Å². The minimum Gasteiger partial charge on any atom is -0.356 e. The number of rotatable bonds is 1. The van der Waals surface area contributed by atoms with Gasteiger partial charge < -0.3 is 19.8 Å². The second-order valence-electron chi connectivity index (χ2n) is 8.03. The maximum absolute atomic E-state index is 13.1. The number of nitrogens with zero attached hydrogens (tertiary/aromatic N) is 4. The molecule has 0 radical (unpaired) electrons. The molecule has 0 aromatic rings. The molecule has 7 atom stereocenters. The second-order valence-corrected chi connectivity index (χ2v) is 12.3. The number of aliphatic imine (C=N–C) groups is 1. The quantitative estimate of drug-likeness (QED) is 0.215. The molecule has 8 saturated heterocycles. The van der Waals surface area contributed by atoms with Gasteiger partial charge in [-0.1, -0.05) is 14.7 Å². The molecule has 0 aromatic carbocycles. The molecule has 3 amide bonds. The Hall–Kier alpha value is -1.71. The number of carbonyl (C=O) groups is 2. The van der Waals surface area contributed by atoms with Crippen LogP contribution in [-0.4, -0.2) is 89.1 Å². The molecule has 25 heteroatoms. The van der Waals surface area contributed by atoms with E-state index in [4.69, 9.17) is 36.6 Å². The molecule has 10 heterocycles. The van der Waals surface area contributed by atoms with Crippen LogP contribution < -0.4 is 0 Å². The molecule has 9 bridgehead atoms. The SMILES string of the molecule is O=C1C2N=C3OP4(=O)ON1C(=O)N(O4)C2=[N+]3[C@]12O[C@@]3(OP4(=O)OC3(O)O4)[C@@]3(O)OP(=O)(O1)O[C@@]23O. The molecule has 22 nitrogen and oxygen atoms in total. The standard InChI is InChI=1S/C10H4N4O18P3/c15-3-1-2-12(4(11-1)23-33(20)31-13(2)5(16)14(3)32-33)9-7(18)6(17,25-34(21,26-7)28-9)8(24-9)10(19)29-35(22,27-8)30-10/h1,17-19H/q+1/t1?,6-,7+,8+,9+,10?,33?,34?,35?/m0/s1. The number of carbonyl (C=O) groups excluding carboxylic acids is 2. The lowest BCUT2D eigenvalue weighted by Crippen LogP contribution is -2.72. The molecule has 0 saturated carbocycles. The molecule has 0 aromatic heterocycles. The number of ether oxygens (including phenoxy) is 1. The Morgan fingerprint density at radius 2 is 1.51 bits per heavy atom. The number of urea groups is 1. The summed E-state index contributed by atoms with van der Waals surface area (Å²) in [5.41, 5.74) is 0. The maximum atomic E-state index is 13.1. The van der Waals surface area contributed by atoms with Crippen LogP contribution in [0.15, 0.2) is 4.99 Å². The molecular formula is C10H4N4O18P3+. The summed E-state index contributed by atoms with van der Waals surface area (Å²) in [6.07, 6.45) is 0. The van der Waals surface area contributed by atoms with Crippen molar-refractivity contribution in [3.8, 4) is 0 Å². The summed E-state index contributed by atoms with van der Waals surface area (Å²) in [6.45, 7) is 0. The fourth-order valence-electron chi connectivity index (χ4n) is 4.94. The first-order chi connectivity index (χ1) is 16.2. The highest BCUT2D eigenvalue weighted by molar-refractivity contribution is 7.50. The molecule has 0 aliphatic carbocycles. The Morgan fingerprint density at radius 3 is 2.17 bits per heavy atom. The number of amides is 3. The first-order valence-corrected chi connectivity index (χ1v) is 13.5. The van der Waals surface area contributed by atoms with E-state index in [-0.39, 0.29) is 10.1 Å². The Balaban J connectivity index is 1.35. The van der Waals surface area contributed by atoms with Crippen LogP contribution in [0.4, 0.5) is 4.79 Å². The summed E-state index contributed by atoms with van der Waals surface area (Å²) in [6, 6.07) is -4.09. The van der Waals surface area contributed by atoms with E-state index in [0.29, 0.717) is 4.58 Å². The van der Waals surface area contributed by atoms with Crippen molar-refractivity contribution in [2.75, 3.05) is 0 Å². The summed E-state index contributed by atoms with van der Waals surface area (Å²) in [4.78, 5) is 29.3. The van der Waals surface area contributed by atoms with E-state index in [0.717, 1.165) is 0 Å². The van der Waals surface area contributed by atoms with E-state index in [2.05, 4.69) is 14.0 Å². The summed E-state index contributed by atoms with van der Waals surface area (Å²) in [5.74, 6) is -19.0. The number of aliphatic hydroxyl groups is 3. The highest BCUT2D eigenvalue weighted by atomic mass is 31.2. The van der Waals surface area contributed by atoms with Crippen molar-refractivity contribution in [1.82, 2.24) is 10.1 Å². The Bertz CT molecular complexity index is 1500. The predicted octanol–water partition coefficient (Wildman–Crippen LogP) is -2.81. The zero-order valence-electron chi connectivity index (χ0n) is 15.7. The molecule has 35 heavy (non-hydrogen) atoms. The van der Waals surface area contributed by atoms with Crippen LogP contribution in [0, 0.1) is 0 Å². The molecule has 10 aliphatic heterocycles. The average molecular weight is 561 g/mol. The van der Waals surface area contributed by atoms with Crippen LogP contribution >= 0.6 is 23.5 Å². The van der Waals surface area contributed by atoms with Gasteiger partial charge in [0.25, 0.3) is 11.9 Å². The molecule has 8 fully saturated rings. The van der Waals surface area contributed by atoms with Crippen LogP contribution in [0.1, 0.15) is 0 Å². The van der Waals surface area contributed by atoms with Gasteiger partial charge in [0.15, 0.2) is 0 Å². The van der Waals surface area contributed by atoms with Crippen molar-refractivity contribution in [2.45, 2.75) is 35.3 Å². The second kappa shape index (κ2) is 4.78. The molecule has 3 N–H and O–H groups in total. The predicted molar refractivity (Wildman–Crippen MR) is 84.6 cm³/mol. The van der Waals surface area contributed by atoms with Gasteiger partial charge in [0.05, 0.1) is 0 Å². The third kappa shape index (κ3) is 1.67. The smallest absolute Gasteiger partial charge is 0.356 e. The van der Waals surface area contributed by atoms with Crippen LogP contribution in [0.2, 0.25) is 0 Å². The first-order valence-electron chi connectivity index (χ1n) is 9.10. The molecule has 186 valence electrons. The van der Waals surface area contributed by atoms with Gasteiger partial charge in [0.2, 0.25) is 0 Å². The molecule has 3 unspecified atom stereocenters. The summed E-state index contributed by atoms with van der Waals surface area (Å²) in [7, 11) is -14.5. The minimum absolute atomic E-state index is 0.0518. The minimum atomic E-state index is -5.07. The molecule has 10 rings (SSSR count). The van der Waals surface area contributed by atoms with Crippen LogP contribution in [0.3, 0.4) is 0 Å². The number of amidine groups is 2. The van der Waals surface area contributed by atoms with Gasteiger partial charge in [-0.15, -0.1) is 14.3 Å². The van der Waals surface area contributed by atoms with E-state index >= 15 is 0 Å². The number of hydrogen-bond acceptors (Lipinski definition) is 19. The monoisotopic (exact) mass is 561 g/mol. The Kier molecular flexibility index (Phi) is 2.78. The van der Waals surface area contributed by atoms with E-state index < -0.39 is 82.6 Å². The maximum Gasteiger partial charge on any atom is 0.591 e. The van der Waals surface area contributed by atoms with Gasteiger partial charge in [-0.2, -0.15) is 0 Å². The highest BCUT2D eigenvalue weighted by Crippen LogP contribution is 2.89. The molecule has 1 spiro atoms. The molecular weight excluding hydrogens is 557 g/mol. The normalized spacial score (nSPS) is 61.8. The Morgan fingerprint density at radius 1 is 0.857 bits per heavy atom. The topological polar surface area (TPSA) is 260 Å². The lowest BCUT2D eigenvalue weighted by atomic mass is 9.95. The van der Waals surface area contributed by atoms with Crippen molar-refractivity contribution in [2.24, 2.45) is 4.99 Å². The van der Waals surface area contributed by atoms with Crippen LogP contribution in [0.25, 0.3) is 0 Å². The van der Waals surface area contributed by atoms with Crippen LogP contribution in [0.5, 0.6) is 0 Å². The number of phosphoric acid groups is 3. The fourth-order valence-corrected chi connectivity index (χ4v) is 9.39. The average Bonchev–Trinajstić information content (AvgIpc) is 3.37. The number of imide groups is 1. The largest absolute Gasteiger partial charge is 0.591 e. The van der Waals surface area contributed by atoms with Gasteiger partial charge in [-0.3, -0.25) is 9.53 Å². The lowest BCUT2D eigenvalue weighted by Gasteiger charge is -2.38. The Labute approximate surface area is 187 Å². The van der Waals surface area contributed by atoms with Crippen molar-refractivity contribution in [1.29, 1.82) is 0 Å². The van der Waals surface area contributed by atoms with E-state index in [1.807, 2.05) is 0 Å². The summed E-state index contributed by atoms with van der Waals surface area (Å²) >= 11 is 0. The zero-order valence-corrected chi connectivity index (χ0v) is 18.4. The summed E-state index contributed by atoms with van der Waals surface area (Å²) in [5, 5.41) is 33.8. The van der Waals surface area contributed by atoms with Gasteiger partial charge in [-0.25, -0.2) is 45.6 Å². The summed E-state index contributed by atoms with van der Waals surface area (Å²) < 4.78 is 88.2.